The van der Waals surface area contributed by atoms with Gasteiger partial charge in [-0.1, -0.05) is 74.5 Å². The Morgan fingerprint density at radius 1 is 0.696 bits per heavy atom. The Balaban J connectivity index is 2.02. The quantitative estimate of drug-likeness (QED) is 0.432. The third kappa shape index (κ3) is 2.29. The SMILES string of the molecule is CC(C)(c1ccccc1)c1cccc2nc3ccccc3cc12. The second-order valence-corrected chi connectivity index (χ2v) is 6.54. The smallest absolute Gasteiger partial charge is 0.0712 e. The number of rotatable bonds is 2. The molecular formula is C22H19N. The minimum atomic E-state index is -0.0646. The highest BCUT2D eigenvalue weighted by Crippen LogP contribution is 2.36. The molecular weight excluding hydrogens is 278 g/mol. The van der Waals surface area contributed by atoms with Crippen LogP contribution in [0, 0.1) is 0 Å². The summed E-state index contributed by atoms with van der Waals surface area (Å²) in [5.41, 5.74) is 4.69. The van der Waals surface area contributed by atoms with Crippen LogP contribution in [0.1, 0.15) is 25.0 Å². The van der Waals surface area contributed by atoms with Crippen LogP contribution in [0.2, 0.25) is 0 Å². The highest BCUT2D eigenvalue weighted by atomic mass is 14.7. The number of aromatic nitrogens is 1. The number of benzene rings is 3. The van der Waals surface area contributed by atoms with Crippen molar-refractivity contribution in [1.82, 2.24) is 4.98 Å². The molecule has 1 heterocycles. The van der Waals surface area contributed by atoms with E-state index >= 15 is 0 Å². The average Bonchev–Trinajstić information content (AvgIpc) is 2.60. The first-order valence-electron chi connectivity index (χ1n) is 8.01. The second kappa shape index (κ2) is 5.20. The Bertz CT molecular complexity index is 984. The van der Waals surface area contributed by atoms with E-state index in [1.807, 2.05) is 6.07 Å². The lowest BCUT2D eigenvalue weighted by atomic mass is 9.76. The number of nitrogens with zero attached hydrogens (tertiary/aromatic N) is 1. The summed E-state index contributed by atoms with van der Waals surface area (Å²) in [7, 11) is 0. The predicted octanol–water partition coefficient (Wildman–Crippen LogP) is 5.71. The van der Waals surface area contributed by atoms with E-state index in [1.165, 1.54) is 21.9 Å². The summed E-state index contributed by atoms with van der Waals surface area (Å²) < 4.78 is 0. The van der Waals surface area contributed by atoms with Gasteiger partial charge in [-0.25, -0.2) is 4.98 Å². The molecule has 0 unspecified atom stereocenters. The standard InChI is InChI=1S/C22H19N/c1-22(2,17-10-4-3-5-11-17)19-12-8-14-21-18(19)15-16-9-6-7-13-20(16)23-21/h3-15H,1-2H3. The molecule has 0 aliphatic carbocycles. The molecule has 0 amide bonds. The molecule has 23 heavy (non-hydrogen) atoms. The van der Waals surface area contributed by atoms with Crippen LogP contribution in [0.5, 0.6) is 0 Å². The van der Waals surface area contributed by atoms with Gasteiger partial charge in [0, 0.05) is 16.2 Å². The van der Waals surface area contributed by atoms with Crippen molar-refractivity contribution >= 4 is 21.8 Å². The molecule has 0 fully saturated rings. The van der Waals surface area contributed by atoms with Gasteiger partial charge in [-0.15, -0.1) is 0 Å². The van der Waals surface area contributed by atoms with Crippen LogP contribution in [-0.4, -0.2) is 4.98 Å². The van der Waals surface area contributed by atoms with Crippen LogP contribution < -0.4 is 0 Å². The first kappa shape index (κ1) is 14.0. The van der Waals surface area contributed by atoms with Crippen molar-refractivity contribution in [1.29, 1.82) is 0 Å². The van der Waals surface area contributed by atoms with E-state index in [9.17, 15) is 0 Å². The van der Waals surface area contributed by atoms with Crippen molar-refractivity contribution in [3.8, 4) is 0 Å². The number of para-hydroxylation sites is 1. The van der Waals surface area contributed by atoms with Crippen LogP contribution in [0.4, 0.5) is 0 Å². The average molecular weight is 297 g/mol. The van der Waals surface area contributed by atoms with Crippen LogP contribution in [0.25, 0.3) is 21.8 Å². The molecule has 0 aliphatic heterocycles. The van der Waals surface area contributed by atoms with E-state index < -0.39 is 0 Å². The fraction of sp³-hybridized carbons (Fsp3) is 0.136. The molecule has 0 atom stereocenters. The molecule has 0 saturated carbocycles. The Morgan fingerprint density at radius 3 is 2.22 bits per heavy atom. The lowest BCUT2D eigenvalue weighted by Gasteiger charge is -2.27. The molecule has 112 valence electrons. The number of pyridine rings is 1. The molecule has 3 aromatic carbocycles. The van der Waals surface area contributed by atoms with Gasteiger partial charge in [-0.2, -0.15) is 0 Å². The minimum absolute atomic E-state index is 0.0646. The predicted molar refractivity (Wildman–Crippen MR) is 97.8 cm³/mol. The monoisotopic (exact) mass is 297 g/mol. The molecule has 0 bridgehead atoms. The zero-order valence-electron chi connectivity index (χ0n) is 13.5. The van der Waals surface area contributed by atoms with Crippen molar-refractivity contribution in [3.05, 3.63) is 90.0 Å². The Hall–Kier alpha value is -2.67. The maximum Gasteiger partial charge on any atom is 0.0712 e. The summed E-state index contributed by atoms with van der Waals surface area (Å²) >= 11 is 0. The molecule has 0 aliphatic rings. The Morgan fingerprint density at radius 2 is 1.39 bits per heavy atom. The fourth-order valence-electron chi connectivity index (χ4n) is 3.35. The largest absolute Gasteiger partial charge is 0.248 e. The molecule has 0 spiro atoms. The molecule has 4 rings (SSSR count). The van der Waals surface area contributed by atoms with Gasteiger partial charge in [-0.3, -0.25) is 0 Å². The van der Waals surface area contributed by atoms with Gasteiger partial charge in [0.2, 0.25) is 0 Å². The fourth-order valence-corrected chi connectivity index (χ4v) is 3.35. The third-order valence-electron chi connectivity index (χ3n) is 4.73. The third-order valence-corrected chi connectivity index (χ3v) is 4.73. The van der Waals surface area contributed by atoms with E-state index in [1.54, 1.807) is 0 Å². The molecule has 0 N–H and O–H groups in total. The molecule has 0 radical (unpaired) electrons. The maximum atomic E-state index is 4.85. The van der Waals surface area contributed by atoms with Gasteiger partial charge >= 0.3 is 0 Å². The summed E-state index contributed by atoms with van der Waals surface area (Å²) in [6.45, 7) is 4.57. The van der Waals surface area contributed by atoms with Crippen LogP contribution in [0.3, 0.4) is 0 Å². The van der Waals surface area contributed by atoms with E-state index in [4.69, 9.17) is 4.98 Å². The van der Waals surface area contributed by atoms with Crippen LogP contribution in [0.15, 0.2) is 78.9 Å². The van der Waals surface area contributed by atoms with Crippen molar-refractivity contribution in [2.24, 2.45) is 0 Å². The highest BCUT2D eigenvalue weighted by Gasteiger charge is 2.25. The lowest BCUT2D eigenvalue weighted by Crippen LogP contribution is -2.19. The summed E-state index contributed by atoms with van der Waals surface area (Å²) in [6, 6.07) is 27.7. The molecule has 4 aromatic rings. The van der Waals surface area contributed by atoms with Gasteiger partial charge in [0.25, 0.3) is 0 Å². The topological polar surface area (TPSA) is 12.9 Å². The number of hydrogen-bond acceptors (Lipinski definition) is 1. The van der Waals surface area contributed by atoms with Crippen LogP contribution in [-0.2, 0) is 5.41 Å². The number of fused-ring (bicyclic) bond motifs is 2. The molecule has 1 heteroatoms. The molecule has 1 aromatic heterocycles. The van der Waals surface area contributed by atoms with Gasteiger partial charge in [0.15, 0.2) is 0 Å². The zero-order valence-corrected chi connectivity index (χ0v) is 13.5. The van der Waals surface area contributed by atoms with Gasteiger partial charge in [0.1, 0.15) is 0 Å². The summed E-state index contributed by atoms with van der Waals surface area (Å²) in [4.78, 5) is 4.85. The van der Waals surface area contributed by atoms with Crippen LogP contribution >= 0.6 is 0 Å². The minimum Gasteiger partial charge on any atom is -0.248 e. The first-order chi connectivity index (χ1) is 11.2. The van der Waals surface area contributed by atoms with Gasteiger partial charge in [0.05, 0.1) is 11.0 Å². The van der Waals surface area contributed by atoms with Crippen molar-refractivity contribution in [2.45, 2.75) is 19.3 Å². The maximum absolute atomic E-state index is 4.85. The van der Waals surface area contributed by atoms with E-state index in [0.29, 0.717) is 0 Å². The summed E-state index contributed by atoms with van der Waals surface area (Å²) in [5.74, 6) is 0. The second-order valence-electron chi connectivity index (χ2n) is 6.54. The van der Waals surface area contributed by atoms with Crippen molar-refractivity contribution in [2.75, 3.05) is 0 Å². The summed E-state index contributed by atoms with van der Waals surface area (Å²) in [5, 5.41) is 2.43. The highest BCUT2D eigenvalue weighted by molar-refractivity contribution is 5.95. The van der Waals surface area contributed by atoms with Crippen molar-refractivity contribution in [3.63, 3.8) is 0 Å². The molecule has 1 nitrogen and oxygen atoms in total. The van der Waals surface area contributed by atoms with E-state index in [-0.39, 0.29) is 5.41 Å². The zero-order chi connectivity index (χ0) is 15.9. The van der Waals surface area contributed by atoms with Gasteiger partial charge < -0.3 is 0 Å². The summed E-state index contributed by atoms with van der Waals surface area (Å²) in [6.07, 6.45) is 0. The normalized spacial score (nSPS) is 11.9. The molecule has 0 saturated heterocycles. The van der Waals surface area contributed by atoms with Gasteiger partial charge in [-0.05, 0) is 29.3 Å². The number of hydrogen-bond donors (Lipinski definition) is 0. The Kier molecular flexibility index (Phi) is 3.16. The van der Waals surface area contributed by atoms with Crippen molar-refractivity contribution < 1.29 is 0 Å². The van der Waals surface area contributed by atoms with E-state index in [0.717, 1.165) is 11.0 Å². The first-order valence-corrected chi connectivity index (χ1v) is 8.01. The Labute approximate surface area is 136 Å². The van der Waals surface area contributed by atoms with E-state index in [2.05, 4.69) is 86.6 Å². The lowest BCUT2D eigenvalue weighted by molar-refractivity contribution is 0.647.